The molecule has 1 fully saturated rings. The molecule has 0 radical (unpaired) electrons. The van der Waals surface area contributed by atoms with Crippen LogP contribution < -0.4 is 0 Å². The molecule has 0 bridgehead atoms. The van der Waals surface area contributed by atoms with Gasteiger partial charge in [0.05, 0.1) is 13.2 Å². The van der Waals surface area contributed by atoms with Gasteiger partial charge in [-0.15, -0.1) is 0 Å². The van der Waals surface area contributed by atoms with Gasteiger partial charge >= 0.3 is 13.8 Å². The summed E-state index contributed by atoms with van der Waals surface area (Å²) in [6, 6.07) is 0. The minimum atomic E-state index is -5.01. The van der Waals surface area contributed by atoms with Crippen LogP contribution in [0.3, 0.4) is 0 Å². The predicted molar refractivity (Wildman–Crippen MR) is 217 cm³/mol. The van der Waals surface area contributed by atoms with Gasteiger partial charge in [-0.1, -0.05) is 161 Å². The summed E-state index contributed by atoms with van der Waals surface area (Å²) in [6.07, 6.45) is 22.9. The predicted octanol–water partition coefficient (Wildman–Crippen LogP) is 8.36. The molecule has 55 heavy (non-hydrogen) atoms. The summed E-state index contributed by atoms with van der Waals surface area (Å²) < 4.78 is 34.1. The Morgan fingerprint density at radius 2 is 1.00 bits per heavy atom. The molecule has 0 aromatic heterocycles. The van der Waals surface area contributed by atoms with Crippen LogP contribution in [0.4, 0.5) is 0 Å². The molecule has 0 heterocycles. The van der Waals surface area contributed by atoms with Crippen LogP contribution in [0, 0.1) is 0 Å². The summed E-state index contributed by atoms with van der Waals surface area (Å²) in [6.45, 7) is 4.20. The summed E-state index contributed by atoms with van der Waals surface area (Å²) in [4.78, 5) is 23.1. The van der Waals surface area contributed by atoms with Gasteiger partial charge in [-0.2, -0.15) is 0 Å². The van der Waals surface area contributed by atoms with Crippen LogP contribution in [0.25, 0.3) is 0 Å². The Morgan fingerprint density at radius 3 is 1.51 bits per heavy atom. The second-order valence-corrected chi connectivity index (χ2v) is 17.0. The molecule has 1 aliphatic rings. The number of esters is 1. The number of rotatable bonds is 37. The van der Waals surface area contributed by atoms with E-state index in [1.54, 1.807) is 0 Å². The van der Waals surface area contributed by atoms with Crippen LogP contribution in [0.15, 0.2) is 12.2 Å². The fourth-order valence-corrected chi connectivity index (χ4v) is 7.80. The molecule has 1 saturated carbocycles. The second-order valence-electron chi connectivity index (χ2n) is 15.6. The van der Waals surface area contributed by atoms with Crippen molar-refractivity contribution >= 4 is 13.8 Å². The third-order valence-electron chi connectivity index (χ3n) is 10.4. The topological polar surface area (TPSA) is 192 Å². The molecular formula is C42H81O12P. The van der Waals surface area contributed by atoms with Gasteiger partial charge in [0.25, 0.3) is 0 Å². The normalized spacial score (nSPS) is 23.3. The second kappa shape index (κ2) is 34.0. The minimum absolute atomic E-state index is 0.0762. The Kier molecular flexibility index (Phi) is 32.2. The smallest absolute Gasteiger partial charge is 0.457 e. The van der Waals surface area contributed by atoms with Gasteiger partial charge in [-0.25, -0.2) is 4.57 Å². The van der Waals surface area contributed by atoms with E-state index in [1.165, 1.54) is 103 Å². The Bertz CT molecular complexity index is 968. The van der Waals surface area contributed by atoms with Gasteiger partial charge in [0, 0.05) is 13.0 Å². The first kappa shape index (κ1) is 52.1. The molecule has 0 saturated heterocycles. The third kappa shape index (κ3) is 26.7. The highest BCUT2D eigenvalue weighted by Gasteiger charge is 2.51. The van der Waals surface area contributed by atoms with Crippen molar-refractivity contribution in [1.82, 2.24) is 0 Å². The van der Waals surface area contributed by atoms with Gasteiger partial charge in [0.2, 0.25) is 0 Å². The highest BCUT2D eigenvalue weighted by Crippen LogP contribution is 2.47. The van der Waals surface area contributed by atoms with Gasteiger partial charge in [0.1, 0.15) is 42.7 Å². The quantitative estimate of drug-likeness (QED) is 0.0152. The monoisotopic (exact) mass is 809 g/mol. The Hall–Kier alpha value is -0.920. The molecule has 6 unspecified atom stereocenters. The van der Waals surface area contributed by atoms with E-state index in [4.69, 9.17) is 18.5 Å². The number of phosphoric ester groups is 1. The molecule has 0 aromatic rings. The first-order valence-corrected chi connectivity index (χ1v) is 23.5. The third-order valence-corrected chi connectivity index (χ3v) is 11.4. The molecule has 0 amide bonds. The zero-order chi connectivity index (χ0) is 40.6. The first-order chi connectivity index (χ1) is 26.5. The number of aliphatic hydroxyl groups is 5. The summed E-state index contributed by atoms with van der Waals surface area (Å²) in [5.74, 6) is -0.477. The summed E-state index contributed by atoms with van der Waals surface area (Å²) in [5.41, 5.74) is 0. The molecule has 326 valence electrons. The first-order valence-electron chi connectivity index (χ1n) is 22.0. The van der Waals surface area contributed by atoms with E-state index >= 15 is 0 Å². The maximum atomic E-state index is 12.8. The number of carbonyl (C=O) groups is 1. The van der Waals surface area contributed by atoms with Crippen molar-refractivity contribution in [2.75, 3.05) is 19.8 Å². The van der Waals surface area contributed by atoms with Gasteiger partial charge in [-0.05, 0) is 32.1 Å². The van der Waals surface area contributed by atoms with Crippen LogP contribution in [0.5, 0.6) is 0 Å². The van der Waals surface area contributed by atoms with E-state index in [9.17, 15) is 39.8 Å². The van der Waals surface area contributed by atoms with Crippen molar-refractivity contribution in [1.29, 1.82) is 0 Å². The standard InChI is InChI=1S/C42H81O12P/c1-3-5-7-9-11-13-15-16-17-18-19-20-21-23-25-27-29-31-36(43)53-35(33-51-32-30-28-26-24-22-14-12-10-8-6-4-2)34-52-55(49,50)54-42-40(47)38(45)37(44)39(46)41(42)48/h8,10,35,37-42,44-48H,3-7,9,11-34H2,1-2H3,(H,49,50)/b10-8-. The minimum Gasteiger partial charge on any atom is -0.457 e. The number of carbonyl (C=O) groups excluding carboxylic acids is 1. The van der Waals surface area contributed by atoms with E-state index in [-0.39, 0.29) is 13.0 Å². The van der Waals surface area contributed by atoms with E-state index in [0.29, 0.717) is 13.0 Å². The Morgan fingerprint density at radius 1 is 0.564 bits per heavy atom. The van der Waals surface area contributed by atoms with E-state index < -0.39 is 63.1 Å². The lowest BCUT2D eigenvalue weighted by Gasteiger charge is -2.41. The summed E-state index contributed by atoms with van der Waals surface area (Å²) in [5, 5.41) is 50.1. The largest absolute Gasteiger partial charge is 0.472 e. The molecule has 0 aromatic carbocycles. The fraction of sp³-hybridized carbons (Fsp3) is 0.929. The fourth-order valence-electron chi connectivity index (χ4n) is 6.83. The Labute approximate surface area is 333 Å². The highest BCUT2D eigenvalue weighted by molar-refractivity contribution is 7.47. The molecule has 6 N–H and O–H groups in total. The Balaban J connectivity index is 2.39. The maximum Gasteiger partial charge on any atom is 0.472 e. The number of hydrogen-bond acceptors (Lipinski definition) is 11. The van der Waals surface area contributed by atoms with Crippen LogP contribution in [0.1, 0.15) is 187 Å². The number of ether oxygens (including phenoxy) is 2. The number of phosphoric acid groups is 1. The zero-order valence-electron chi connectivity index (χ0n) is 34.5. The number of allylic oxidation sites excluding steroid dienone is 2. The van der Waals surface area contributed by atoms with E-state index in [2.05, 4.69) is 26.0 Å². The summed E-state index contributed by atoms with van der Waals surface area (Å²) >= 11 is 0. The average Bonchev–Trinajstić information content (AvgIpc) is 3.17. The van der Waals surface area contributed by atoms with Gasteiger partial charge < -0.3 is 39.9 Å². The molecule has 12 nitrogen and oxygen atoms in total. The van der Waals surface area contributed by atoms with Crippen LogP contribution in [-0.4, -0.2) is 98.9 Å². The van der Waals surface area contributed by atoms with Crippen molar-refractivity contribution in [3.8, 4) is 0 Å². The molecule has 13 heteroatoms. The van der Waals surface area contributed by atoms with Crippen molar-refractivity contribution < 1.29 is 58.3 Å². The lowest BCUT2D eigenvalue weighted by atomic mass is 9.85. The van der Waals surface area contributed by atoms with Crippen molar-refractivity contribution in [3.05, 3.63) is 12.2 Å². The molecule has 6 atom stereocenters. The van der Waals surface area contributed by atoms with Gasteiger partial charge in [-0.3, -0.25) is 13.8 Å². The molecule has 0 aliphatic heterocycles. The van der Waals surface area contributed by atoms with E-state index in [0.717, 1.165) is 57.8 Å². The number of aliphatic hydroxyl groups excluding tert-OH is 5. The van der Waals surface area contributed by atoms with Crippen molar-refractivity contribution in [2.45, 2.75) is 230 Å². The maximum absolute atomic E-state index is 12.8. The van der Waals surface area contributed by atoms with Crippen LogP contribution >= 0.6 is 7.82 Å². The van der Waals surface area contributed by atoms with Crippen LogP contribution in [0.2, 0.25) is 0 Å². The number of hydrogen-bond donors (Lipinski definition) is 6. The molecule has 0 spiro atoms. The zero-order valence-corrected chi connectivity index (χ0v) is 35.4. The molecule has 1 aliphatic carbocycles. The lowest BCUT2D eigenvalue weighted by Crippen LogP contribution is -2.64. The SMILES string of the molecule is CCC/C=C\CCCCCCCCOCC(COP(=O)(O)OC1C(O)C(O)C(O)C(O)C1O)OC(=O)CCCCCCCCCCCCCCCCCCC. The van der Waals surface area contributed by atoms with Crippen molar-refractivity contribution in [3.63, 3.8) is 0 Å². The van der Waals surface area contributed by atoms with Crippen molar-refractivity contribution in [2.24, 2.45) is 0 Å². The lowest BCUT2D eigenvalue weighted by molar-refractivity contribution is -0.220. The van der Waals surface area contributed by atoms with Gasteiger partial charge in [0.15, 0.2) is 0 Å². The molecular weight excluding hydrogens is 727 g/mol. The highest BCUT2D eigenvalue weighted by atomic mass is 31.2. The summed E-state index contributed by atoms with van der Waals surface area (Å²) in [7, 11) is -5.01. The molecule has 1 rings (SSSR count). The van der Waals surface area contributed by atoms with E-state index in [1.807, 2.05) is 0 Å². The van der Waals surface area contributed by atoms with Crippen LogP contribution in [-0.2, 0) is 27.9 Å². The average molecular weight is 809 g/mol. The number of unbranched alkanes of at least 4 members (excludes halogenated alkanes) is 23.